The van der Waals surface area contributed by atoms with E-state index in [4.69, 9.17) is 5.73 Å². The molecule has 0 heterocycles. The summed E-state index contributed by atoms with van der Waals surface area (Å²) in [4.78, 5) is 0. The minimum atomic E-state index is -0.656. The zero-order valence-corrected chi connectivity index (χ0v) is 6.20. The Hall–Kier alpha value is -1.28. The molecule has 1 aromatic carbocycles. The summed E-state index contributed by atoms with van der Waals surface area (Å²) in [6, 6.07) is 7.19. The van der Waals surface area contributed by atoms with Crippen LogP contribution in [0, 0.1) is 0 Å². The van der Waals surface area contributed by atoms with Gasteiger partial charge in [0.05, 0.1) is 6.10 Å². The molecule has 0 radical (unpaired) electrons. The molecule has 0 amide bonds. The maximum atomic E-state index is 9.31. The van der Waals surface area contributed by atoms with Crippen LogP contribution in [0.4, 0.5) is 5.69 Å². The minimum absolute atomic E-state index is 0.597. The predicted molar refractivity (Wildman–Crippen MR) is 46.0 cm³/mol. The Balaban J connectivity index is 3.02. The molecule has 1 unspecified atom stereocenters. The molecule has 1 aromatic rings. The zero-order valence-electron chi connectivity index (χ0n) is 6.20. The van der Waals surface area contributed by atoms with Gasteiger partial charge in [0.25, 0.3) is 0 Å². The number of rotatable bonds is 2. The number of aliphatic hydroxyl groups excluding tert-OH is 1. The number of benzene rings is 1. The SMILES string of the molecule is C=CC(O)c1ccccc1N. The lowest BCUT2D eigenvalue weighted by molar-refractivity contribution is 0.230. The molecule has 2 nitrogen and oxygen atoms in total. The van der Waals surface area contributed by atoms with Gasteiger partial charge in [-0.05, 0) is 6.07 Å². The maximum absolute atomic E-state index is 9.31. The lowest BCUT2D eigenvalue weighted by Gasteiger charge is -2.07. The molecule has 0 bridgehead atoms. The highest BCUT2D eigenvalue weighted by molar-refractivity contribution is 5.48. The monoisotopic (exact) mass is 149 g/mol. The van der Waals surface area contributed by atoms with Crippen molar-refractivity contribution in [2.45, 2.75) is 6.10 Å². The van der Waals surface area contributed by atoms with Crippen LogP contribution in [0.2, 0.25) is 0 Å². The summed E-state index contributed by atoms with van der Waals surface area (Å²) in [6.45, 7) is 3.47. The summed E-state index contributed by atoms with van der Waals surface area (Å²) < 4.78 is 0. The molecule has 0 saturated heterocycles. The molecule has 1 atom stereocenters. The highest BCUT2D eigenvalue weighted by Gasteiger charge is 2.04. The molecule has 0 spiro atoms. The fourth-order valence-electron chi connectivity index (χ4n) is 0.907. The first-order chi connectivity index (χ1) is 5.25. The second-order valence-corrected chi connectivity index (χ2v) is 2.31. The van der Waals surface area contributed by atoms with Gasteiger partial charge in [-0.15, -0.1) is 6.58 Å². The van der Waals surface area contributed by atoms with Crippen molar-refractivity contribution in [2.24, 2.45) is 0 Å². The van der Waals surface area contributed by atoms with Gasteiger partial charge in [0.1, 0.15) is 0 Å². The van der Waals surface area contributed by atoms with Crippen molar-refractivity contribution < 1.29 is 5.11 Å². The van der Waals surface area contributed by atoms with E-state index >= 15 is 0 Å². The molecule has 0 aromatic heterocycles. The van der Waals surface area contributed by atoms with E-state index in [-0.39, 0.29) is 0 Å². The molecule has 1 rings (SSSR count). The number of para-hydroxylation sites is 1. The Labute approximate surface area is 66.0 Å². The first-order valence-electron chi connectivity index (χ1n) is 3.40. The average Bonchev–Trinajstić information content (AvgIpc) is 2.04. The van der Waals surface area contributed by atoms with Crippen LogP contribution in [-0.2, 0) is 0 Å². The lowest BCUT2D eigenvalue weighted by atomic mass is 10.1. The van der Waals surface area contributed by atoms with Gasteiger partial charge in [0.15, 0.2) is 0 Å². The summed E-state index contributed by atoms with van der Waals surface area (Å²) in [7, 11) is 0. The van der Waals surface area contributed by atoms with Crippen LogP contribution in [-0.4, -0.2) is 5.11 Å². The number of aliphatic hydroxyl groups is 1. The van der Waals surface area contributed by atoms with E-state index in [2.05, 4.69) is 6.58 Å². The van der Waals surface area contributed by atoms with Crippen molar-refractivity contribution >= 4 is 5.69 Å². The third kappa shape index (κ3) is 1.59. The van der Waals surface area contributed by atoms with E-state index < -0.39 is 6.10 Å². The summed E-state index contributed by atoms with van der Waals surface area (Å²) >= 11 is 0. The maximum Gasteiger partial charge on any atom is 0.0989 e. The first kappa shape index (κ1) is 7.82. The lowest BCUT2D eigenvalue weighted by Crippen LogP contribution is -1.98. The average molecular weight is 149 g/mol. The molecule has 58 valence electrons. The molecule has 2 heteroatoms. The quantitative estimate of drug-likeness (QED) is 0.494. The molecule has 11 heavy (non-hydrogen) atoms. The van der Waals surface area contributed by atoms with Crippen molar-refractivity contribution in [2.75, 3.05) is 5.73 Å². The van der Waals surface area contributed by atoms with E-state index in [9.17, 15) is 5.11 Å². The Morgan fingerprint density at radius 2 is 2.09 bits per heavy atom. The predicted octanol–water partition coefficient (Wildman–Crippen LogP) is 1.49. The van der Waals surface area contributed by atoms with Crippen LogP contribution in [0.15, 0.2) is 36.9 Å². The molecule has 3 N–H and O–H groups in total. The normalized spacial score (nSPS) is 12.5. The summed E-state index contributed by atoms with van der Waals surface area (Å²) in [6.07, 6.45) is 0.794. The largest absolute Gasteiger partial charge is 0.398 e. The van der Waals surface area contributed by atoms with Gasteiger partial charge in [-0.1, -0.05) is 24.3 Å². The van der Waals surface area contributed by atoms with Gasteiger partial charge >= 0.3 is 0 Å². The first-order valence-corrected chi connectivity index (χ1v) is 3.40. The molecule has 0 aliphatic heterocycles. The Morgan fingerprint density at radius 1 is 1.45 bits per heavy atom. The minimum Gasteiger partial charge on any atom is -0.398 e. The van der Waals surface area contributed by atoms with E-state index in [0.717, 1.165) is 0 Å². The fraction of sp³-hybridized carbons (Fsp3) is 0.111. The third-order valence-electron chi connectivity index (χ3n) is 1.54. The summed E-state index contributed by atoms with van der Waals surface area (Å²) in [5, 5.41) is 9.31. The number of nitrogen functional groups attached to an aromatic ring is 1. The van der Waals surface area contributed by atoms with E-state index in [1.54, 1.807) is 12.1 Å². The highest BCUT2D eigenvalue weighted by atomic mass is 16.3. The molecule has 0 aliphatic rings. The zero-order chi connectivity index (χ0) is 8.27. The van der Waals surface area contributed by atoms with Crippen molar-refractivity contribution in [3.05, 3.63) is 42.5 Å². The number of anilines is 1. The van der Waals surface area contributed by atoms with Crippen LogP contribution in [0.5, 0.6) is 0 Å². The highest BCUT2D eigenvalue weighted by Crippen LogP contribution is 2.19. The Morgan fingerprint density at radius 3 is 2.64 bits per heavy atom. The van der Waals surface area contributed by atoms with E-state index in [1.165, 1.54) is 6.08 Å². The molecule has 0 saturated carbocycles. The van der Waals surface area contributed by atoms with Crippen molar-refractivity contribution in [3.8, 4) is 0 Å². The third-order valence-corrected chi connectivity index (χ3v) is 1.54. The van der Waals surface area contributed by atoms with Gasteiger partial charge < -0.3 is 10.8 Å². The molecular formula is C9H11NO. The van der Waals surface area contributed by atoms with E-state index in [1.807, 2.05) is 12.1 Å². The van der Waals surface area contributed by atoms with Crippen LogP contribution in [0.1, 0.15) is 11.7 Å². The van der Waals surface area contributed by atoms with Gasteiger partial charge in [-0.25, -0.2) is 0 Å². The van der Waals surface area contributed by atoms with E-state index in [0.29, 0.717) is 11.3 Å². The molecule has 0 aliphatic carbocycles. The fourth-order valence-corrected chi connectivity index (χ4v) is 0.907. The van der Waals surface area contributed by atoms with Crippen molar-refractivity contribution in [1.29, 1.82) is 0 Å². The van der Waals surface area contributed by atoms with Crippen molar-refractivity contribution in [3.63, 3.8) is 0 Å². The van der Waals surface area contributed by atoms with Crippen LogP contribution < -0.4 is 5.73 Å². The van der Waals surface area contributed by atoms with Gasteiger partial charge in [0, 0.05) is 11.3 Å². The van der Waals surface area contributed by atoms with Gasteiger partial charge in [-0.2, -0.15) is 0 Å². The topological polar surface area (TPSA) is 46.2 Å². The van der Waals surface area contributed by atoms with Crippen LogP contribution >= 0.6 is 0 Å². The smallest absolute Gasteiger partial charge is 0.0989 e. The second-order valence-electron chi connectivity index (χ2n) is 2.31. The summed E-state index contributed by atoms with van der Waals surface area (Å²) in [5.74, 6) is 0. The van der Waals surface area contributed by atoms with Gasteiger partial charge in [0.2, 0.25) is 0 Å². The van der Waals surface area contributed by atoms with Gasteiger partial charge in [-0.3, -0.25) is 0 Å². The number of hydrogen-bond donors (Lipinski definition) is 2. The second kappa shape index (κ2) is 3.21. The molecular weight excluding hydrogens is 138 g/mol. The Kier molecular flexibility index (Phi) is 2.28. The van der Waals surface area contributed by atoms with Crippen LogP contribution in [0.3, 0.4) is 0 Å². The number of nitrogens with two attached hydrogens (primary N) is 1. The van der Waals surface area contributed by atoms with Crippen molar-refractivity contribution in [1.82, 2.24) is 0 Å². The molecule has 0 fully saturated rings. The standard InChI is InChI=1S/C9H11NO/c1-2-9(11)7-5-3-4-6-8(7)10/h2-6,9,11H,1,10H2. The Bertz CT molecular complexity index is 257. The van der Waals surface area contributed by atoms with Crippen LogP contribution in [0.25, 0.3) is 0 Å². The summed E-state index contributed by atoms with van der Waals surface area (Å²) in [5.41, 5.74) is 6.90. The number of hydrogen-bond acceptors (Lipinski definition) is 2.